The molecule has 0 aromatic heterocycles. The number of anilines is 2. The lowest BCUT2D eigenvalue weighted by atomic mass is 9.80. The molecule has 30 heavy (non-hydrogen) atoms. The topological polar surface area (TPSA) is 93.7 Å². The Morgan fingerprint density at radius 2 is 1.90 bits per heavy atom. The highest BCUT2D eigenvalue weighted by Gasteiger charge is 2.33. The van der Waals surface area contributed by atoms with Crippen molar-refractivity contribution in [1.29, 1.82) is 0 Å². The first-order valence-corrected chi connectivity index (χ1v) is 11.0. The molecule has 2 amide bonds. The Bertz CT molecular complexity index is 789. The van der Waals surface area contributed by atoms with Gasteiger partial charge in [-0.15, -0.1) is 0 Å². The Morgan fingerprint density at radius 3 is 2.57 bits per heavy atom. The van der Waals surface area contributed by atoms with Gasteiger partial charge in [0.1, 0.15) is 11.9 Å². The summed E-state index contributed by atoms with van der Waals surface area (Å²) < 4.78 is 14.8. The van der Waals surface area contributed by atoms with Gasteiger partial charge in [0.05, 0.1) is 11.3 Å². The van der Waals surface area contributed by atoms with E-state index in [1.54, 1.807) is 12.1 Å². The zero-order chi connectivity index (χ0) is 21.1. The first-order chi connectivity index (χ1) is 14.4. The summed E-state index contributed by atoms with van der Waals surface area (Å²) in [7, 11) is 0. The Hall–Kier alpha value is -2.19. The van der Waals surface area contributed by atoms with Gasteiger partial charge in [-0.25, -0.2) is 4.39 Å². The Morgan fingerprint density at radius 1 is 1.17 bits per heavy atom. The third-order valence-electron chi connectivity index (χ3n) is 6.69. The van der Waals surface area contributed by atoms with Crippen molar-refractivity contribution < 1.29 is 19.1 Å². The lowest BCUT2D eigenvalue weighted by Gasteiger charge is -2.39. The molecule has 0 aliphatic carbocycles. The summed E-state index contributed by atoms with van der Waals surface area (Å²) in [6, 6.07) is 4.43. The first kappa shape index (κ1) is 21.1. The van der Waals surface area contributed by atoms with E-state index in [1.807, 2.05) is 0 Å². The molecule has 0 radical (unpaired) electrons. The molecule has 7 nitrogen and oxygen atoms in total. The molecule has 8 heteroatoms. The van der Waals surface area contributed by atoms with Gasteiger partial charge in [0, 0.05) is 25.2 Å². The van der Waals surface area contributed by atoms with Crippen LogP contribution in [0.25, 0.3) is 0 Å². The lowest BCUT2D eigenvalue weighted by Crippen LogP contribution is -2.47. The van der Waals surface area contributed by atoms with Crippen LogP contribution < -0.4 is 20.9 Å². The highest BCUT2D eigenvalue weighted by molar-refractivity contribution is 6.01. The number of hydrogen-bond donors (Lipinski definition) is 4. The number of benzene rings is 1. The maximum absolute atomic E-state index is 14.8. The number of aliphatic hydroxyl groups is 1. The smallest absolute Gasteiger partial charge is 0.249 e. The number of carbonyl (C=O) groups is 2. The molecule has 0 saturated carbocycles. The van der Waals surface area contributed by atoms with Gasteiger partial charge < -0.3 is 20.6 Å². The third-order valence-corrected chi connectivity index (χ3v) is 6.69. The van der Waals surface area contributed by atoms with Crippen molar-refractivity contribution in [2.24, 2.45) is 5.92 Å². The SMILES string of the molecule is O=C1CCC(Nc2ccc(N3CCC(CC4(O)CCNCC4)CC3)c(F)c2)C(=O)N1. The summed E-state index contributed by atoms with van der Waals surface area (Å²) in [5.41, 5.74) is 0.559. The number of hydrogen-bond acceptors (Lipinski definition) is 6. The molecule has 3 aliphatic heterocycles. The van der Waals surface area contributed by atoms with Crippen LogP contribution >= 0.6 is 0 Å². The monoisotopic (exact) mass is 418 g/mol. The average Bonchev–Trinajstić information content (AvgIpc) is 2.71. The van der Waals surface area contributed by atoms with Gasteiger partial charge in [-0.1, -0.05) is 0 Å². The Kier molecular flexibility index (Phi) is 6.24. The second kappa shape index (κ2) is 8.89. The summed E-state index contributed by atoms with van der Waals surface area (Å²) in [4.78, 5) is 25.2. The molecule has 0 bridgehead atoms. The summed E-state index contributed by atoms with van der Waals surface area (Å²) in [5, 5.41) is 19.4. The van der Waals surface area contributed by atoms with E-state index < -0.39 is 11.6 Å². The van der Waals surface area contributed by atoms with Crippen LogP contribution in [-0.2, 0) is 9.59 Å². The quantitative estimate of drug-likeness (QED) is 0.545. The van der Waals surface area contributed by atoms with Gasteiger partial charge in [0.15, 0.2) is 0 Å². The number of halogens is 1. The molecule has 4 N–H and O–H groups in total. The van der Waals surface area contributed by atoms with Crippen LogP contribution in [-0.4, -0.2) is 54.7 Å². The molecule has 3 aliphatic rings. The maximum atomic E-state index is 14.8. The zero-order valence-electron chi connectivity index (χ0n) is 17.3. The van der Waals surface area contributed by atoms with E-state index in [0.717, 1.165) is 58.3 Å². The first-order valence-electron chi connectivity index (χ1n) is 11.0. The molecule has 1 unspecified atom stereocenters. The number of amides is 2. The predicted octanol–water partition coefficient (Wildman–Crippen LogP) is 1.76. The fourth-order valence-electron chi connectivity index (χ4n) is 4.90. The number of carbonyl (C=O) groups excluding carboxylic acids is 2. The van der Waals surface area contributed by atoms with Gasteiger partial charge >= 0.3 is 0 Å². The minimum atomic E-state index is -0.549. The van der Waals surface area contributed by atoms with Crippen molar-refractivity contribution in [3.63, 3.8) is 0 Å². The van der Waals surface area contributed by atoms with Crippen LogP contribution in [0.5, 0.6) is 0 Å². The molecule has 164 valence electrons. The van der Waals surface area contributed by atoms with E-state index in [4.69, 9.17) is 0 Å². The largest absolute Gasteiger partial charge is 0.390 e. The molecule has 3 heterocycles. The number of nitrogens with one attached hydrogen (secondary N) is 3. The summed E-state index contributed by atoms with van der Waals surface area (Å²) in [6.07, 6.45) is 5.04. The van der Waals surface area contributed by atoms with Gasteiger partial charge in [0.25, 0.3) is 0 Å². The Labute approximate surface area is 176 Å². The molecule has 1 aromatic rings. The van der Waals surface area contributed by atoms with Crippen LogP contribution in [0.3, 0.4) is 0 Å². The number of rotatable bonds is 5. The van der Waals surface area contributed by atoms with Gasteiger partial charge in [-0.3, -0.25) is 14.9 Å². The van der Waals surface area contributed by atoms with Crippen molar-refractivity contribution in [2.75, 3.05) is 36.4 Å². The van der Waals surface area contributed by atoms with E-state index >= 15 is 0 Å². The van der Waals surface area contributed by atoms with Crippen LogP contribution in [0.2, 0.25) is 0 Å². The lowest BCUT2D eigenvalue weighted by molar-refractivity contribution is -0.133. The molecule has 3 saturated heterocycles. The molecule has 0 spiro atoms. The van der Waals surface area contributed by atoms with Gasteiger partial charge in [-0.2, -0.15) is 0 Å². The van der Waals surface area contributed by atoms with Crippen LogP contribution in [0, 0.1) is 11.7 Å². The highest BCUT2D eigenvalue weighted by atomic mass is 19.1. The van der Waals surface area contributed by atoms with Crippen LogP contribution in [0.4, 0.5) is 15.8 Å². The minimum absolute atomic E-state index is 0.268. The third kappa shape index (κ3) is 4.92. The highest BCUT2D eigenvalue weighted by Crippen LogP contribution is 2.34. The van der Waals surface area contributed by atoms with Crippen LogP contribution in [0.15, 0.2) is 18.2 Å². The van der Waals surface area contributed by atoms with E-state index in [-0.39, 0.29) is 24.1 Å². The predicted molar refractivity (Wildman–Crippen MR) is 113 cm³/mol. The molecular weight excluding hydrogens is 387 g/mol. The molecule has 1 aromatic carbocycles. The molecule has 1 atom stereocenters. The van der Waals surface area contributed by atoms with Crippen molar-refractivity contribution in [2.45, 2.75) is 56.6 Å². The van der Waals surface area contributed by atoms with Gasteiger partial charge in [0.2, 0.25) is 11.8 Å². The second-order valence-corrected chi connectivity index (χ2v) is 8.92. The van der Waals surface area contributed by atoms with Gasteiger partial charge in [-0.05, 0) is 75.7 Å². The summed E-state index contributed by atoms with van der Waals surface area (Å²) >= 11 is 0. The number of nitrogens with zero attached hydrogens (tertiary/aromatic N) is 1. The van der Waals surface area contributed by atoms with E-state index in [0.29, 0.717) is 23.7 Å². The average molecular weight is 419 g/mol. The molecule has 4 rings (SSSR count). The van der Waals surface area contributed by atoms with Crippen molar-refractivity contribution in [1.82, 2.24) is 10.6 Å². The fourth-order valence-corrected chi connectivity index (χ4v) is 4.90. The Balaban J connectivity index is 1.32. The van der Waals surface area contributed by atoms with E-state index in [2.05, 4.69) is 20.9 Å². The fraction of sp³-hybridized carbons (Fsp3) is 0.636. The zero-order valence-corrected chi connectivity index (χ0v) is 17.3. The van der Waals surface area contributed by atoms with Crippen molar-refractivity contribution >= 4 is 23.2 Å². The van der Waals surface area contributed by atoms with Crippen molar-refractivity contribution in [3.05, 3.63) is 24.0 Å². The summed E-state index contributed by atoms with van der Waals surface area (Å²) in [5.74, 6) is -0.480. The second-order valence-electron chi connectivity index (χ2n) is 8.92. The maximum Gasteiger partial charge on any atom is 0.249 e. The molecular formula is C22H31FN4O3. The standard InChI is InChI=1S/C22H31FN4O3/c23-17-13-16(25-18-2-4-20(28)26-21(18)29)1-3-19(17)27-11-5-15(6-12-27)14-22(30)7-9-24-10-8-22/h1,3,13,15,18,24-25,30H,2,4-12,14H2,(H,26,28,29). The number of imide groups is 1. The minimum Gasteiger partial charge on any atom is -0.390 e. The molecule has 3 fully saturated rings. The summed E-state index contributed by atoms with van der Waals surface area (Å²) in [6.45, 7) is 3.30. The number of piperidine rings is 3. The normalized spacial score (nSPS) is 25.1. The van der Waals surface area contributed by atoms with Crippen LogP contribution in [0.1, 0.15) is 44.9 Å². The van der Waals surface area contributed by atoms with E-state index in [9.17, 15) is 19.1 Å². The van der Waals surface area contributed by atoms with Crippen molar-refractivity contribution in [3.8, 4) is 0 Å². The van der Waals surface area contributed by atoms with E-state index in [1.165, 1.54) is 6.07 Å².